The molecular formula is C16H20FN3O3. The smallest absolute Gasteiger partial charge is 0.249 e. The van der Waals surface area contributed by atoms with Gasteiger partial charge in [-0.2, -0.15) is 0 Å². The third kappa shape index (κ3) is 3.61. The highest BCUT2D eigenvalue weighted by atomic mass is 19.1. The Bertz CT molecular complexity index is 615. The number of nitrogens with one attached hydrogen (secondary N) is 2. The summed E-state index contributed by atoms with van der Waals surface area (Å²) in [7, 11) is 0. The first-order valence-corrected chi connectivity index (χ1v) is 7.86. The SMILES string of the molecule is O=C1CC[C@@H](Nc2ccc(N3CCC(O)CC3)c(F)c2)C(=O)N1. The number of nitrogens with zero attached hydrogens (tertiary/aromatic N) is 1. The molecular weight excluding hydrogens is 301 g/mol. The number of aliphatic hydroxyl groups is 1. The van der Waals surface area contributed by atoms with Crippen LogP contribution in [0.3, 0.4) is 0 Å². The number of carbonyl (C=O) groups is 2. The molecule has 2 fully saturated rings. The van der Waals surface area contributed by atoms with Gasteiger partial charge < -0.3 is 15.3 Å². The molecule has 2 aliphatic rings. The quantitative estimate of drug-likeness (QED) is 0.724. The van der Waals surface area contributed by atoms with Crippen LogP contribution in [0.2, 0.25) is 0 Å². The molecule has 2 saturated heterocycles. The van der Waals surface area contributed by atoms with Gasteiger partial charge in [-0.05, 0) is 37.5 Å². The summed E-state index contributed by atoms with van der Waals surface area (Å²) in [4.78, 5) is 24.8. The van der Waals surface area contributed by atoms with Crippen LogP contribution in [0.1, 0.15) is 25.7 Å². The van der Waals surface area contributed by atoms with Crippen molar-refractivity contribution in [2.75, 3.05) is 23.3 Å². The van der Waals surface area contributed by atoms with Crippen molar-refractivity contribution in [2.45, 2.75) is 37.8 Å². The Kier molecular flexibility index (Phi) is 4.47. The largest absolute Gasteiger partial charge is 0.393 e. The number of benzene rings is 1. The molecule has 3 N–H and O–H groups in total. The highest BCUT2D eigenvalue weighted by Crippen LogP contribution is 2.26. The average Bonchev–Trinajstić information content (AvgIpc) is 2.51. The number of carbonyl (C=O) groups excluding carboxylic acids is 2. The topological polar surface area (TPSA) is 81.7 Å². The lowest BCUT2D eigenvalue weighted by Crippen LogP contribution is -2.47. The van der Waals surface area contributed by atoms with E-state index in [-0.39, 0.29) is 30.2 Å². The second-order valence-electron chi connectivity index (χ2n) is 6.03. The molecule has 124 valence electrons. The summed E-state index contributed by atoms with van der Waals surface area (Å²) >= 11 is 0. The van der Waals surface area contributed by atoms with E-state index in [1.807, 2.05) is 4.90 Å². The van der Waals surface area contributed by atoms with E-state index in [9.17, 15) is 19.1 Å². The summed E-state index contributed by atoms with van der Waals surface area (Å²) in [6, 6.07) is 4.25. The molecule has 23 heavy (non-hydrogen) atoms. The molecule has 1 atom stereocenters. The number of anilines is 2. The number of rotatable bonds is 3. The molecule has 2 aliphatic heterocycles. The van der Waals surface area contributed by atoms with Gasteiger partial charge in [0, 0.05) is 25.2 Å². The van der Waals surface area contributed by atoms with E-state index >= 15 is 0 Å². The summed E-state index contributed by atoms with van der Waals surface area (Å²) < 4.78 is 14.3. The van der Waals surface area contributed by atoms with Gasteiger partial charge in [-0.3, -0.25) is 14.9 Å². The minimum absolute atomic E-state index is 0.276. The van der Waals surface area contributed by atoms with Crippen LogP contribution >= 0.6 is 0 Å². The van der Waals surface area contributed by atoms with E-state index in [1.54, 1.807) is 12.1 Å². The van der Waals surface area contributed by atoms with Gasteiger partial charge in [-0.1, -0.05) is 0 Å². The maximum absolute atomic E-state index is 14.3. The van der Waals surface area contributed by atoms with Gasteiger partial charge in [0.2, 0.25) is 11.8 Å². The summed E-state index contributed by atoms with van der Waals surface area (Å²) in [6.45, 7) is 1.25. The molecule has 0 bridgehead atoms. The van der Waals surface area contributed by atoms with Crippen LogP contribution in [-0.4, -0.2) is 42.2 Å². The first kappa shape index (κ1) is 15.7. The van der Waals surface area contributed by atoms with Gasteiger partial charge in [0.25, 0.3) is 0 Å². The van der Waals surface area contributed by atoms with Crippen molar-refractivity contribution in [2.24, 2.45) is 0 Å². The number of piperidine rings is 2. The van der Waals surface area contributed by atoms with Crippen LogP contribution in [0.5, 0.6) is 0 Å². The van der Waals surface area contributed by atoms with Crippen molar-refractivity contribution in [3.05, 3.63) is 24.0 Å². The van der Waals surface area contributed by atoms with Crippen LogP contribution in [0, 0.1) is 5.82 Å². The van der Waals surface area contributed by atoms with Crippen molar-refractivity contribution in [3.63, 3.8) is 0 Å². The van der Waals surface area contributed by atoms with Crippen molar-refractivity contribution < 1.29 is 19.1 Å². The van der Waals surface area contributed by atoms with Crippen molar-refractivity contribution in [1.29, 1.82) is 0 Å². The van der Waals surface area contributed by atoms with E-state index < -0.39 is 6.04 Å². The number of hydrogen-bond donors (Lipinski definition) is 3. The van der Waals surface area contributed by atoms with Crippen molar-refractivity contribution >= 4 is 23.2 Å². The van der Waals surface area contributed by atoms with Crippen LogP contribution in [-0.2, 0) is 9.59 Å². The average molecular weight is 321 g/mol. The zero-order valence-corrected chi connectivity index (χ0v) is 12.7. The molecule has 2 heterocycles. The normalized spacial score (nSPS) is 22.9. The third-order valence-electron chi connectivity index (χ3n) is 4.33. The van der Waals surface area contributed by atoms with E-state index in [1.165, 1.54) is 6.07 Å². The fourth-order valence-electron chi connectivity index (χ4n) is 2.99. The third-order valence-corrected chi connectivity index (χ3v) is 4.33. The molecule has 2 amide bonds. The maximum atomic E-state index is 14.3. The Hall–Kier alpha value is -2.15. The minimum Gasteiger partial charge on any atom is -0.393 e. The van der Waals surface area contributed by atoms with Gasteiger partial charge in [0.1, 0.15) is 11.9 Å². The Labute approximate surface area is 133 Å². The summed E-state index contributed by atoms with van der Waals surface area (Å²) in [6.07, 6.45) is 1.64. The monoisotopic (exact) mass is 321 g/mol. The molecule has 6 nitrogen and oxygen atoms in total. The van der Waals surface area contributed by atoms with Crippen LogP contribution in [0.4, 0.5) is 15.8 Å². The number of halogens is 1. The van der Waals surface area contributed by atoms with Crippen LogP contribution in [0.25, 0.3) is 0 Å². The number of amides is 2. The van der Waals surface area contributed by atoms with E-state index in [4.69, 9.17) is 0 Å². The summed E-state index contributed by atoms with van der Waals surface area (Å²) in [5.41, 5.74) is 1.02. The second kappa shape index (κ2) is 6.54. The van der Waals surface area contributed by atoms with Crippen molar-refractivity contribution in [1.82, 2.24) is 5.32 Å². The van der Waals surface area contributed by atoms with Crippen LogP contribution in [0.15, 0.2) is 18.2 Å². The minimum atomic E-state index is -0.525. The van der Waals surface area contributed by atoms with Crippen LogP contribution < -0.4 is 15.5 Å². The molecule has 7 heteroatoms. The molecule has 0 aliphatic carbocycles. The highest BCUT2D eigenvalue weighted by Gasteiger charge is 2.26. The molecule has 1 aromatic carbocycles. The second-order valence-corrected chi connectivity index (χ2v) is 6.03. The number of imide groups is 1. The lowest BCUT2D eigenvalue weighted by molar-refractivity contribution is -0.133. The Morgan fingerprint density at radius 2 is 1.96 bits per heavy atom. The standard InChI is InChI=1S/C16H20FN3O3/c17-12-9-10(18-13-2-4-15(22)19-16(13)23)1-3-14(12)20-7-5-11(21)6-8-20/h1,3,9,11,13,18,21H,2,4-8H2,(H,19,22,23)/t13-/m1/s1. The zero-order valence-electron chi connectivity index (χ0n) is 12.7. The highest BCUT2D eigenvalue weighted by molar-refractivity contribution is 6.01. The molecule has 1 aromatic rings. The van der Waals surface area contributed by atoms with E-state index in [0.717, 1.165) is 0 Å². The van der Waals surface area contributed by atoms with Crippen molar-refractivity contribution in [3.8, 4) is 0 Å². The van der Waals surface area contributed by atoms with Gasteiger partial charge in [-0.15, -0.1) is 0 Å². The Morgan fingerprint density at radius 1 is 1.22 bits per heavy atom. The number of hydrogen-bond acceptors (Lipinski definition) is 5. The van der Waals surface area contributed by atoms with Gasteiger partial charge in [0.05, 0.1) is 11.8 Å². The van der Waals surface area contributed by atoms with Gasteiger partial charge >= 0.3 is 0 Å². The van der Waals surface area contributed by atoms with E-state index in [0.29, 0.717) is 43.7 Å². The predicted octanol–water partition coefficient (Wildman–Crippen LogP) is 1.00. The lowest BCUT2D eigenvalue weighted by Gasteiger charge is -2.32. The Balaban J connectivity index is 1.67. The maximum Gasteiger partial charge on any atom is 0.249 e. The molecule has 0 radical (unpaired) electrons. The summed E-state index contributed by atoms with van der Waals surface area (Å²) in [5.74, 6) is -1.02. The lowest BCUT2D eigenvalue weighted by atomic mass is 10.1. The first-order chi connectivity index (χ1) is 11.0. The fraction of sp³-hybridized carbons (Fsp3) is 0.500. The molecule has 0 saturated carbocycles. The van der Waals surface area contributed by atoms with Gasteiger partial charge in [-0.25, -0.2) is 4.39 Å². The van der Waals surface area contributed by atoms with E-state index in [2.05, 4.69) is 10.6 Å². The molecule has 3 rings (SSSR count). The Morgan fingerprint density at radius 3 is 2.61 bits per heavy atom. The fourth-order valence-corrected chi connectivity index (χ4v) is 2.99. The first-order valence-electron chi connectivity index (χ1n) is 7.86. The molecule has 0 aromatic heterocycles. The zero-order chi connectivity index (χ0) is 16.4. The summed E-state index contributed by atoms with van der Waals surface area (Å²) in [5, 5.41) is 14.8. The number of aliphatic hydroxyl groups excluding tert-OH is 1. The molecule has 0 spiro atoms. The van der Waals surface area contributed by atoms with Gasteiger partial charge in [0.15, 0.2) is 0 Å². The predicted molar refractivity (Wildman–Crippen MR) is 83.6 cm³/mol. The molecule has 0 unspecified atom stereocenters.